The summed E-state index contributed by atoms with van der Waals surface area (Å²) < 4.78 is 20.6. The molecule has 0 aliphatic carbocycles. The van der Waals surface area contributed by atoms with Crippen LogP contribution in [0.2, 0.25) is 0 Å². The summed E-state index contributed by atoms with van der Waals surface area (Å²) in [5, 5.41) is 0.545. The molecule has 0 saturated carbocycles. The van der Waals surface area contributed by atoms with Crippen LogP contribution in [0.5, 0.6) is 0 Å². The maximum atomic E-state index is 14.4. The normalized spacial score (nSPS) is 14.1. The molecule has 1 fully saturated rings. The second-order valence-electron chi connectivity index (χ2n) is 8.66. The van der Waals surface area contributed by atoms with E-state index in [0.717, 1.165) is 35.5 Å². The topological polar surface area (TPSA) is 45.7 Å². The fraction of sp³-hybridized carbons (Fsp3) is 0.286. The lowest BCUT2D eigenvalue weighted by molar-refractivity contribution is -0.118. The van der Waals surface area contributed by atoms with Crippen molar-refractivity contribution in [3.63, 3.8) is 0 Å². The molecule has 0 bridgehead atoms. The molecule has 1 amide bonds. The molecule has 4 aromatic rings. The van der Waals surface area contributed by atoms with Gasteiger partial charge in [0.25, 0.3) is 0 Å². The molecule has 5 nitrogen and oxygen atoms in total. The molecule has 0 atom stereocenters. The van der Waals surface area contributed by atoms with Crippen molar-refractivity contribution in [2.24, 2.45) is 0 Å². The summed E-state index contributed by atoms with van der Waals surface area (Å²) in [6.07, 6.45) is 0.301. The summed E-state index contributed by atoms with van der Waals surface area (Å²) in [5.41, 5.74) is 2.50. The van der Waals surface area contributed by atoms with Crippen molar-refractivity contribution >= 4 is 45.0 Å². The highest BCUT2D eigenvalue weighted by Gasteiger charge is 2.26. The van der Waals surface area contributed by atoms with Crippen molar-refractivity contribution in [3.05, 3.63) is 95.8 Å². The quantitative estimate of drug-likeness (QED) is 0.294. The molecule has 8 heteroatoms. The van der Waals surface area contributed by atoms with E-state index in [4.69, 9.17) is 4.74 Å². The largest absolute Gasteiger partial charge is 0.379 e. The number of amides is 1. The molecule has 2 heterocycles. The van der Waals surface area contributed by atoms with Crippen LogP contribution in [0.4, 0.5) is 9.52 Å². The Hall–Kier alpha value is -2.84. The van der Waals surface area contributed by atoms with Gasteiger partial charge in [-0.1, -0.05) is 78.1 Å². The van der Waals surface area contributed by atoms with E-state index < -0.39 is 0 Å². The maximum absolute atomic E-state index is 14.4. The highest BCUT2D eigenvalue weighted by atomic mass is 35.5. The van der Waals surface area contributed by atoms with Gasteiger partial charge in [-0.15, -0.1) is 12.4 Å². The Kier molecular flexibility index (Phi) is 9.04. The number of carbonyl (C=O) groups excluding carboxylic acids is 1. The van der Waals surface area contributed by atoms with Gasteiger partial charge in [0.1, 0.15) is 11.3 Å². The Balaban J connectivity index is 0.00000304. The zero-order valence-electron chi connectivity index (χ0n) is 19.9. The predicted octanol–water partition coefficient (Wildman–Crippen LogP) is 5.74. The number of carbonyl (C=O) groups is 1. The third-order valence-corrected chi connectivity index (χ3v) is 7.46. The highest BCUT2D eigenvalue weighted by molar-refractivity contribution is 7.22. The number of halogens is 2. The van der Waals surface area contributed by atoms with Crippen LogP contribution in [-0.4, -0.2) is 55.2 Å². The Bertz CT molecular complexity index is 1230. The Morgan fingerprint density at radius 2 is 1.61 bits per heavy atom. The number of anilines is 1. The number of ether oxygens (including phenoxy) is 1. The van der Waals surface area contributed by atoms with Crippen molar-refractivity contribution in [2.75, 3.05) is 44.3 Å². The average Bonchev–Trinajstić information content (AvgIpc) is 3.34. The van der Waals surface area contributed by atoms with Gasteiger partial charge in [-0.2, -0.15) is 0 Å². The SMILES string of the molecule is Cl.O=C(CC(c1ccccc1)c1ccccc1)N(CCN1CCOCC1)c1nc2c(F)cccc2s1. The monoisotopic (exact) mass is 525 g/mol. The number of aromatic nitrogens is 1. The molecule has 3 aromatic carbocycles. The smallest absolute Gasteiger partial charge is 0.229 e. The standard InChI is InChI=1S/C28H28FN3O2S.ClH/c29-24-12-7-13-25-27(24)30-28(35-25)32(15-14-31-16-18-34-19-17-31)26(33)20-23(21-8-3-1-4-9-21)22-10-5-2-6-11-22;/h1-13,23H,14-20H2;1H. The number of thiazole rings is 1. The summed E-state index contributed by atoms with van der Waals surface area (Å²) in [4.78, 5) is 22.5. The van der Waals surface area contributed by atoms with Crippen LogP contribution < -0.4 is 4.90 Å². The van der Waals surface area contributed by atoms with Crippen molar-refractivity contribution in [1.29, 1.82) is 0 Å². The van der Waals surface area contributed by atoms with Gasteiger partial charge in [0.15, 0.2) is 5.13 Å². The van der Waals surface area contributed by atoms with E-state index in [1.54, 1.807) is 11.0 Å². The minimum absolute atomic E-state index is 0. The zero-order valence-corrected chi connectivity index (χ0v) is 21.5. The fourth-order valence-electron chi connectivity index (χ4n) is 4.50. The molecule has 0 N–H and O–H groups in total. The van der Waals surface area contributed by atoms with E-state index in [1.165, 1.54) is 17.4 Å². The van der Waals surface area contributed by atoms with Gasteiger partial charge in [-0.05, 0) is 23.3 Å². The van der Waals surface area contributed by atoms with Gasteiger partial charge in [-0.3, -0.25) is 14.6 Å². The van der Waals surface area contributed by atoms with Crippen molar-refractivity contribution < 1.29 is 13.9 Å². The Morgan fingerprint density at radius 1 is 0.972 bits per heavy atom. The molecule has 1 aliphatic heterocycles. The van der Waals surface area contributed by atoms with Gasteiger partial charge in [0.05, 0.1) is 17.9 Å². The molecule has 1 saturated heterocycles. The van der Waals surface area contributed by atoms with Gasteiger partial charge in [0.2, 0.25) is 5.91 Å². The summed E-state index contributed by atoms with van der Waals surface area (Å²) >= 11 is 1.36. The number of rotatable bonds is 8. The Labute approximate surface area is 220 Å². The Morgan fingerprint density at radius 3 is 2.22 bits per heavy atom. The minimum atomic E-state index is -0.364. The summed E-state index contributed by atoms with van der Waals surface area (Å²) in [6, 6.07) is 25.2. The van der Waals surface area contributed by atoms with E-state index in [0.29, 0.717) is 36.8 Å². The number of benzene rings is 3. The predicted molar refractivity (Wildman–Crippen MR) is 146 cm³/mol. The van der Waals surface area contributed by atoms with Gasteiger partial charge < -0.3 is 4.74 Å². The summed E-state index contributed by atoms with van der Waals surface area (Å²) in [7, 11) is 0. The summed E-state index contributed by atoms with van der Waals surface area (Å²) in [6.45, 7) is 4.29. The lowest BCUT2D eigenvalue weighted by Crippen LogP contribution is -2.43. The minimum Gasteiger partial charge on any atom is -0.379 e. The van der Waals surface area contributed by atoms with Gasteiger partial charge in [-0.25, -0.2) is 9.37 Å². The number of fused-ring (bicyclic) bond motifs is 1. The van der Waals surface area contributed by atoms with Crippen molar-refractivity contribution in [3.8, 4) is 0 Å². The van der Waals surface area contributed by atoms with Crippen LogP contribution in [0.15, 0.2) is 78.9 Å². The maximum Gasteiger partial charge on any atom is 0.229 e. The van der Waals surface area contributed by atoms with Crippen LogP contribution in [0.25, 0.3) is 10.2 Å². The van der Waals surface area contributed by atoms with E-state index >= 15 is 0 Å². The first-order valence-corrected chi connectivity index (χ1v) is 12.8. The molecule has 0 radical (unpaired) electrons. The van der Waals surface area contributed by atoms with Crippen molar-refractivity contribution in [2.45, 2.75) is 12.3 Å². The lowest BCUT2D eigenvalue weighted by atomic mass is 9.88. The lowest BCUT2D eigenvalue weighted by Gasteiger charge is -2.30. The molecule has 188 valence electrons. The van der Waals surface area contributed by atoms with E-state index in [2.05, 4.69) is 34.1 Å². The van der Waals surface area contributed by atoms with Gasteiger partial charge >= 0.3 is 0 Å². The van der Waals surface area contributed by atoms with Gasteiger partial charge in [0, 0.05) is 38.5 Å². The second kappa shape index (κ2) is 12.4. The fourth-order valence-corrected chi connectivity index (χ4v) is 5.52. The van der Waals surface area contributed by atoms with Crippen molar-refractivity contribution in [1.82, 2.24) is 9.88 Å². The molecule has 0 spiro atoms. The first-order chi connectivity index (χ1) is 17.2. The molecular weight excluding hydrogens is 497 g/mol. The molecule has 1 aliphatic rings. The number of para-hydroxylation sites is 1. The second-order valence-corrected chi connectivity index (χ2v) is 9.67. The van der Waals surface area contributed by atoms with Crippen LogP contribution >= 0.6 is 23.7 Å². The van der Waals surface area contributed by atoms with Crippen LogP contribution in [0.1, 0.15) is 23.5 Å². The molecule has 1 aromatic heterocycles. The zero-order chi connectivity index (χ0) is 24.0. The molecule has 5 rings (SSSR count). The third-order valence-electron chi connectivity index (χ3n) is 6.42. The first-order valence-electron chi connectivity index (χ1n) is 11.9. The molecule has 36 heavy (non-hydrogen) atoms. The summed E-state index contributed by atoms with van der Waals surface area (Å²) in [5.74, 6) is -0.464. The third kappa shape index (κ3) is 6.10. The average molecular weight is 526 g/mol. The van der Waals surface area contributed by atoms with E-state index in [1.807, 2.05) is 42.5 Å². The number of hydrogen-bond donors (Lipinski definition) is 0. The highest BCUT2D eigenvalue weighted by Crippen LogP contribution is 2.33. The first kappa shape index (κ1) is 26.2. The number of hydrogen-bond acceptors (Lipinski definition) is 5. The van der Waals surface area contributed by atoms with Crippen LogP contribution in [-0.2, 0) is 9.53 Å². The van der Waals surface area contributed by atoms with E-state index in [9.17, 15) is 9.18 Å². The van der Waals surface area contributed by atoms with Crippen LogP contribution in [0.3, 0.4) is 0 Å². The van der Waals surface area contributed by atoms with Crippen LogP contribution in [0, 0.1) is 5.82 Å². The number of nitrogens with zero attached hydrogens (tertiary/aromatic N) is 3. The molecule has 0 unspecified atom stereocenters. The number of morpholine rings is 1. The molecular formula is C28H29ClFN3O2S. The van der Waals surface area contributed by atoms with E-state index in [-0.39, 0.29) is 30.0 Å².